The van der Waals surface area contributed by atoms with Crippen molar-refractivity contribution in [2.75, 3.05) is 18.2 Å². The van der Waals surface area contributed by atoms with Gasteiger partial charge in [-0.3, -0.25) is 4.79 Å². The van der Waals surface area contributed by atoms with Crippen LogP contribution < -0.4 is 10.1 Å². The van der Waals surface area contributed by atoms with Gasteiger partial charge in [-0.2, -0.15) is 0 Å². The molecule has 8 nitrogen and oxygen atoms in total. The average Bonchev–Trinajstić information content (AvgIpc) is 3.53. The van der Waals surface area contributed by atoms with Gasteiger partial charge in [0.2, 0.25) is 5.91 Å². The summed E-state index contributed by atoms with van der Waals surface area (Å²) in [6.45, 7) is 8.54. The highest BCUT2D eigenvalue weighted by atomic mass is 32.2. The third kappa shape index (κ3) is 6.08. The van der Waals surface area contributed by atoms with E-state index in [1.54, 1.807) is 0 Å². The molecule has 0 aliphatic rings. The van der Waals surface area contributed by atoms with Gasteiger partial charge in [-0.1, -0.05) is 53.7 Å². The lowest BCUT2D eigenvalue weighted by Gasteiger charge is -2.15. The van der Waals surface area contributed by atoms with Crippen molar-refractivity contribution in [3.05, 3.63) is 76.4 Å². The highest BCUT2D eigenvalue weighted by molar-refractivity contribution is 7.99. The lowest BCUT2D eigenvalue weighted by Crippen LogP contribution is -2.17. The molecule has 2 aromatic heterocycles. The largest absolute Gasteiger partial charge is 0.483 e. The Hall–Kier alpha value is -3.63. The molecule has 0 aliphatic carbocycles. The number of carbonyl (C=O) groups excluding carboxylic acids is 2. The van der Waals surface area contributed by atoms with E-state index >= 15 is 0 Å². The van der Waals surface area contributed by atoms with E-state index < -0.39 is 5.97 Å². The van der Waals surface area contributed by atoms with Crippen molar-refractivity contribution in [1.82, 2.24) is 14.8 Å². The molecule has 0 saturated carbocycles. The molecule has 0 aliphatic heterocycles. The van der Waals surface area contributed by atoms with Crippen molar-refractivity contribution in [2.24, 2.45) is 0 Å². The quantitative estimate of drug-likeness (QED) is 0.183. The molecule has 0 fully saturated rings. The standard InChI is InChI=1S/C28H30N4O4S2/c1-6-32-25(19(4)36-20-10-8-7-9-11-20)30-31-28(32)38-16-23(33)29-26-24(27(34)35-5)22(15-37-26)21-14-17(2)12-13-18(21)3/h7-15,19H,6,16H2,1-5H3,(H,29,33). The lowest BCUT2D eigenvalue weighted by atomic mass is 9.97. The number of benzene rings is 2. The van der Waals surface area contributed by atoms with Crippen LogP contribution in [-0.4, -0.2) is 39.5 Å². The molecule has 4 rings (SSSR count). The second kappa shape index (κ2) is 12.3. The Balaban J connectivity index is 1.48. The first-order valence-corrected chi connectivity index (χ1v) is 14.0. The molecule has 0 saturated heterocycles. The summed E-state index contributed by atoms with van der Waals surface area (Å²) in [4.78, 5) is 25.7. The molecule has 1 unspecified atom stereocenters. The van der Waals surface area contributed by atoms with Crippen LogP contribution in [0.3, 0.4) is 0 Å². The van der Waals surface area contributed by atoms with Crippen molar-refractivity contribution in [1.29, 1.82) is 0 Å². The SMILES string of the molecule is CCn1c(SCC(=O)Nc2scc(-c3cc(C)ccc3C)c2C(=O)OC)nnc1C(C)Oc1ccccc1. The number of esters is 1. The number of anilines is 1. The number of methoxy groups -OCH3 is 1. The number of ether oxygens (including phenoxy) is 2. The Morgan fingerprint density at radius 1 is 1.11 bits per heavy atom. The van der Waals surface area contributed by atoms with Crippen LogP contribution in [0.5, 0.6) is 5.75 Å². The van der Waals surface area contributed by atoms with E-state index in [0.29, 0.717) is 28.1 Å². The number of aromatic nitrogens is 3. The molecule has 0 bridgehead atoms. The second-order valence-electron chi connectivity index (χ2n) is 8.66. The number of nitrogens with zero attached hydrogens (tertiary/aromatic N) is 3. The minimum Gasteiger partial charge on any atom is -0.483 e. The van der Waals surface area contributed by atoms with Crippen molar-refractivity contribution >= 4 is 40.0 Å². The highest BCUT2D eigenvalue weighted by Crippen LogP contribution is 2.38. The predicted molar refractivity (Wildman–Crippen MR) is 151 cm³/mol. The number of amides is 1. The van der Waals surface area contributed by atoms with Gasteiger partial charge in [-0.15, -0.1) is 21.5 Å². The molecule has 198 valence electrons. The first kappa shape index (κ1) is 27.4. The third-order valence-electron chi connectivity index (χ3n) is 5.93. The fraction of sp³-hybridized carbons (Fsp3) is 0.286. The molecule has 10 heteroatoms. The maximum atomic E-state index is 12.9. The minimum atomic E-state index is -0.493. The smallest absolute Gasteiger partial charge is 0.341 e. The fourth-order valence-corrected chi connectivity index (χ4v) is 5.81. The first-order chi connectivity index (χ1) is 18.3. The number of para-hydroxylation sites is 1. The van der Waals surface area contributed by atoms with E-state index in [1.807, 2.05) is 86.2 Å². The van der Waals surface area contributed by atoms with Gasteiger partial charge in [-0.05, 0) is 51.0 Å². The number of thioether (sulfide) groups is 1. The summed E-state index contributed by atoms with van der Waals surface area (Å²) < 4.78 is 13.0. The first-order valence-electron chi connectivity index (χ1n) is 12.2. The second-order valence-corrected chi connectivity index (χ2v) is 10.5. The monoisotopic (exact) mass is 550 g/mol. The summed E-state index contributed by atoms with van der Waals surface area (Å²) in [5.74, 6) is 0.785. The third-order valence-corrected chi connectivity index (χ3v) is 7.79. The highest BCUT2D eigenvalue weighted by Gasteiger charge is 2.24. The molecule has 4 aromatic rings. The summed E-state index contributed by atoms with van der Waals surface area (Å²) in [5.41, 5.74) is 4.15. The maximum absolute atomic E-state index is 12.9. The number of aryl methyl sites for hydroxylation is 2. The zero-order valence-corrected chi connectivity index (χ0v) is 23.6. The molecule has 2 aromatic carbocycles. The average molecular weight is 551 g/mol. The van der Waals surface area contributed by atoms with Gasteiger partial charge in [0.05, 0.1) is 12.9 Å². The van der Waals surface area contributed by atoms with Gasteiger partial charge in [-0.25, -0.2) is 4.79 Å². The van der Waals surface area contributed by atoms with Crippen LogP contribution in [0, 0.1) is 13.8 Å². The molecule has 1 atom stereocenters. The van der Waals surface area contributed by atoms with Gasteiger partial charge in [0.15, 0.2) is 17.1 Å². The zero-order valence-electron chi connectivity index (χ0n) is 22.0. The number of hydrogen-bond donors (Lipinski definition) is 1. The topological polar surface area (TPSA) is 95.3 Å². The summed E-state index contributed by atoms with van der Waals surface area (Å²) in [6, 6.07) is 15.6. The van der Waals surface area contributed by atoms with Crippen LogP contribution in [0.25, 0.3) is 11.1 Å². The Morgan fingerprint density at radius 2 is 1.87 bits per heavy atom. The van der Waals surface area contributed by atoms with Crippen LogP contribution in [0.15, 0.2) is 59.1 Å². The van der Waals surface area contributed by atoms with Crippen LogP contribution in [-0.2, 0) is 16.1 Å². The van der Waals surface area contributed by atoms with Crippen LogP contribution in [0.4, 0.5) is 5.00 Å². The molecule has 0 spiro atoms. The molecule has 0 radical (unpaired) electrons. The number of nitrogens with one attached hydrogen (secondary N) is 1. The number of thiophene rings is 1. The zero-order chi connectivity index (χ0) is 27.2. The van der Waals surface area contributed by atoms with E-state index in [0.717, 1.165) is 28.0 Å². The summed E-state index contributed by atoms with van der Waals surface area (Å²) in [7, 11) is 1.34. The van der Waals surface area contributed by atoms with Crippen LogP contribution >= 0.6 is 23.1 Å². The van der Waals surface area contributed by atoms with Crippen LogP contribution in [0.2, 0.25) is 0 Å². The number of hydrogen-bond acceptors (Lipinski definition) is 8. The van der Waals surface area contributed by atoms with Gasteiger partial charge >= 0.3 is 5.97 Å². The molecular formula is C28H30N4O4S2. The fourth-order valence-electron chi connectivity index (χ4n) is 4.03. The Labute approximate surface area is 230 Å². The van der Waals surface area contributed by atoms with Crippen molar-refractivity contribution in [2.45, 2.75) is 45.5 Å². The summed E-state index contributed by atoms with van der Waals surface area (Å²) in [6.07, 6.45) is -0.315. The van der Waals surface area contributed by atoms with Crippen molar-refractivity contribution in [3.8, 4) is 16.9 Å². The van der Waals surface area contributed by atoms with Gasteiger partial charge in [0.1, 0.15) is 16.3 Å². The molecule has 1 N–H and O–H groups in total. The van der Waals surface area contributed by atoms with E-state index in [-0.39, 0.29) is 17.8 Å². The Kier molecular flexibility index (Phi) is 8.85. The lowest BCUT2D eigenvalue weighted by molar-refractivity contribution is -0.113. The van der Waals surface area contributed by atoms with E-state index in [9.17, 15) is 9.59 Å². The normalized spacial score (nSPS) is 11.7. The maximum Gasteiger partial charge on any atom is 0.341 e. The van der Waals surface area contributed by atoms with Crippen LogP contribution in [0.1, 0.15) is 47.3 Å². The Bertz CT molecular complexity index is 1430. The molecule has 38 heavy (non-hydrogen) atoms. The molecule has 2 heterocycles. The summed E-state index contributed by atoms with van der Waals surface area (Å²) in [5, 5.41) is 14.5. The molecule has 1 amide bonds. The van der Waals surface area contributed by atoms with E-state index in [2.05, 4.69) is 15.5 Å². The molecular weight excluding hydrogens is 520 g/mol. The number of carbonyl (C=O) groups is 2. The van der Waals surface area contributed by atoms with Crippen molar-refractivity contribution in [3.63, 3.8) is 0 Å². The predicted octanol–water partition coefficient (Wildman–Crippen LogP) is 6.30. The minimum absolute atomic E-state index is 0.101. The van der Waals surface area contributed by atoms with Gasteiger partial charge in [0.25, 0.3) is 0 Å². The summed E-state index contributed by atoms with van der Waals surface area (Å²) >= 11 is 2.59. The van der Waals surface area contributed by atoms with Gasteiger partial charge in [0, 0.05) is 17.5 Å². The van der Waals surface area contributed by atoms with Crippen molar-refractivity contribution < 1.29 is 19.1 Å². The Morgan fingerprint density at radius 3 is 2.58 bits per heavy atom. The number of rotatable bonds is 10. The van der Waals surface area contributed by atoms with Gasteiger partial charge < -0.3 is 19.4 Å². The van der Waals surface area contributed by atoms with E-state index in [1.165, 1.54) is 30.2 Å². The van der Waals surface area contributed by atoms with E-state index in [4.69, 9.17) is 9.47 Å².